The zero-order valence-corrected chi connectivity index (χ0v) is 12.4. The Balaban J connectivity index is 2.84. The van der Waals surface area contributed by atoms with E-state index in [9.17, 15) is 4.79 Å². The third-order valence-electron chi connectivity index (χ3n) is 2.14. The number of amides is 1. The summed E-state index contributed by atoms with van der Waals surface area (Å²) in [6.45, 7) is 11.0. The van der Waals surface area contributed by atoms with Crippen LogP contribution in [0.15, 0.2) is 0 Å². The topological polar surface area (TPSA) is 80.0 Å². The van der Waals surface area contributed by atoms with Crippen LogP contribution in [0.1, 0.15) is 45.0 Å². The van der Waals surface area contributed by atoms with Crippen LogP contribution in [0.3, 0.4) is 0 Å². The Labute approximate surface area is 112 Å². The fourth-order valence-electron chi connectivity index (χ4n) is 1.32. The molecular formula is C12H22N4OS. The van der Waals surface area contributed by atoms with Gasteiger partial charge in [0, 0.05) is 12.6 Å². The molecule has 0 unspecified atom stereocenters. The molecule has 5 nitrogen and oxygen atoms in total. The van der Waals surface area contributed by atoms with Gasteiger partial charge in [-0.15, -0.1) is 0 Å². The second-order valence-electron chi connectivity index (χ2n) is 5.81. The van der Waals surface area contributed by atoms with Crippen LogP contribution in [0, 0.1) is 5.41 Å². The maximum atomic E-state index is 12.0. The third-order valence-corrected chi connectivity index (χ3v) is 2.96. The summed E-state index contributed by atoms with van der Waals surface area (Å²) < 4.78 is 4.04. The van der Waals surface area contributed by atoms with E-state index in [1.54, 1.807) is 0 Å². The maximum absolute atomic E-state index is 12.0. The van der Waals surface area contributed by atoms with Crippen molar-refractivity contribution in [1.82, 2.24) is 9.69 Å². The van der Waals surface area contributed by atoms with Gasteiger partial charge < -0.3 is 16.4 Å². The molecule has 0 aliphatic heterocycles. The molecule has 1 amide bonds. The standard InChI is InChI=1S/C12H22N4OS/c1-7(2)15-10(17)8-9(13)16-18-11(8)14-6-12(3,4)5/h7,14H,6H2,1-5H3,(H2,13,16)(H,15,17). The van der Waals surface area contributed by atoms with Crippen molar-refractivity contribution in [2.45, 2.75) is 40.7 Å². The van der Waals surface area contributed by atoms with Crippen molar-refractivity contribution < 1.29 is 4.79 Å². The molecule has 1 aromatic rings. The minimum absolute atomic E-state index is 0.0762. The normalized spacial score (nSPS) is 11.7. The first kappa shape index (κ1) is 14.8. The second-order valence-corrected chi connectivity index (χ2v) is 6.59. The van der Waals surface area contributed by atoms with Gasteiger partial charge in [0.15, 0.2) is 5.82 Å². The van der Waals surface area contributed by atoms with Crippen LogP contribution in [0.2, 0.25) is 0 Å². The van der Waals surface area contributed by atoms with Crippen molar-refractivity contribution in [3.63, 3.8) is 0 Å². The molecule has 6 heteroatoms. The molecule has 1 heterocycles. The largest absolute Gasteiger partial charge is 0.382 e. The molecule has 18 heavy (non-hydrogen) atoms. The molecule has 0 spiro atoms. The van der Waals surface area contributed by atoms with Crippen molar-refractivity contribution in [1.29, 1.82) is 0 Å². The van der Waals surface area contributed by atoms with Crippen molar-refractivity contribution in [2.75, 3.05) is 17.6 Å². The van der Waals surface area contributed by atoms with Crippen LogP contribution in [0.25, 0.3) is 0 Å². The van der Waals surface area contributed by atoms with Gasteiger partial charge in [0.1, 0.15) is 10.6 Å². The Kier molecular flexibility index (Phi) is 4.56. The second kappa shape index (κ2) is 5.56. The summed E-state index contributed by atoms with van der Waals surface area (Å²) in [7, 11) is 0. The van der Waals surface area contributed by atoms with E-state index in [0.717, 1.165) is 11.5 Å². The Bertz CT molecular complexity index is 420. The lowest BCUT2D eigenvalue weighted by Gasteiger charge is -2.19. The Morgan fingerprint density at radius 2 is 2.06 bits per heavy atom. The summed E-state index contributed by atoms with van der Waals surface area (Å²) in [5.41, 5.74) is 6.34. The number of nitrogen functional groups attached to an aromatic ring is 1. The number of nitrogens with one attached hydrogen (secondary N) is 2. The fourth-order valence-corrected chi connectivity index (χ4v) is 2.03. The maximum Gasteiger partial charge on any atom is 0.258 e. The van der Waals surface area contributed by atoms with Gasteiger partial charge in [0.25, 0.3) is 5.91 Å². The average molecular weight is 270 g/mol. The highest BCUT2D eigenvalue weighted by Gasteiger charge is 2.21. The number of aromatic nitrogens is 1. The number of rotatable bonds is 4. The third kappa shape index (κ3) is 4.18. The summed E-state index contributed by atoms with van der Waals surface area (Å²) >= 11 is 1.23. The lowest BCUT2D eigenvalue weighted by atomic mass is 9.97. The molecule has 4 N–H and O–H groups in total. The van der Waals surface area contributed by atoms with Crippen LogP contribution >= 0.6 is 11.5 Å². The Morgan fingerprint density at radius 3 is 2.56 bits per heavy atom. The number of nitrogens with two attached hydrogens (primary N) is 1. The first-order chi connectivity index (χ1) is 8.20. The Morgan fingerprint density at radius 1 is 1.44 bits per heavy atom. The number of hydrogen-bond acceptors (Lipinski definition) is 5. The number of carbonyl (C=O) groups is 1. The smallest absolute Gasteiger partial charge is 0.258 e. The van der Waals surface area contributed by atoms with E-state index in [4.69, 9.17) is 5.73 Å². The minimum atomic E-state index is -0.173. The lowest BCUT2D eigenvalue weighted by molar-refractivity contribution is 0.0945. The number of carbonyl (C=O) groups excluding carboxylic acids is 1. The predicted octanol–water partition coefficient (Wildman–Crippen LogP) is 2.32. The molecule has 0 aliphatic carbocycles. The summed E-state index contributed by atoms with van der Waals surface area (Å²) in [4.78, 5) is 12.0. The Hall–Kier alpha value is -1.30. The van der Waals surface area contributed by atoms with Gasteiger partial charge in [0.2, 0.25) is 0 Å². The molecule has 0 fully saturated rings. The van der Waals surface area contributed by atoms with E-state index in [-0.39, 0.29) is 23.2 Å². The zero-order valence-electron chi connectivity index (χ0n) is 11.6. The van der Waals surface area contributed by atoms with Crippen LogP contribution < -0.4 is 16.4 Å². The summed E-state index contributed by atoms with van der Waals surface area (Å²) in [6, 6.07) is 0.0762. The average Bonchev–Trinajstić information content (AvgIpc) is 2.54. The van der Waals surface area contributed by atoms with Crippen molar-refractivity contribution >= 4 is 28.3 Å². The van der Waals surface area contributed by atoms with Gasteiger partial charge >= 0.3 is 0 Å². The van der Waals surface area contributed by atoms with Gasteiger partial charge in [0.05, 0.1) is 0 Å². The van der Waals surface area contributed by atoms with Crippen molar-refractivity contribution in [3.05, 3.63) is 5.56 Å². The zero-order chi connectivity index (χ0) is 13.9. The first-order valence-electron chi connectivity index (χ1n) is 6.00. The van der Waals surface area contributed by atoms with E-state index < -0.39 is 0 Å². The molecule has 0 bridgehead atoms. The van der Waals surface area contributed by atoms with Crippen molar-refractivity contribution in [3.8, 4) is 0 Å². The van der Waals surface area contributed by atoms with E-state index >= 15 is 0 Å². The first-order valence-corrected chi connectivity index (χ1v) is 6.78. The van der Waals surface area contributed by atoms with Crippen LogP contribution in [-0.2, 0) is 0 Å². The molecule has 1 rings (SSSR count). The van der Waals surface area contributed by atoms with E-state index in [1.165, 1.54) is 11.5 Å². The van der Waals surface area contributed by atoms with Gasteiger partial charge in [-0.25, -0.2) is 0 Å². The monoisotopic (exact) mass is 270 g/mol. The molecule has 0 atom stereocenters. The fraction of sp³-hybridized carbons (Fsp3) is 0.667. The SMILES string of the molecule is CC(C)NC(=O)c1c(N)nsc1NCC(C)(C)C. The van der Waals surface area contributed by atoms with Crippen LogP contribution in [0.5, 0.6) is 0 Å². The minimum Gasteiger partial charge on any atom is -0.382 e. The molecule has 0 saturated heterocycles. The summed E-state index contributed by atoms with van der Waals surface area (Å²) in [5, 5.41) is 6.81. The molecule has 0 aromatic carbocycles. The molecule has 102 valence electrons. The molecule has 0 aliphatic rings. The van der Waals surface area contributed by atoms with Gasteiger partial charge in [-0.1, -0.05) is 20.8 Å². The van der Waals surface area contributed by atoms with Gasteiger partial charge in [-0.05, 0) is 30.8 Å². The van der Waals surface area contributed by atoms with E-state index in [2.05, 4.69) is 35.8 Å². The number of anilines is 2. The molecule has 0 radical (unpaired) electrons. The van der Waals surface area contributed by atoms with Gasteiger partial charge in [-0.3, -0.25) is 4.79 Å². The molecule has 0 saturated carbocycles. The van der Waals surface area contributed by atoms with E-state index in [1.807, 2.05) is 13.8 Å². The quantitative estimate of drug-likeness (QED) is 0.784. The molecule has 1 aromatic heterocycles. The highest BCUT2D eigenvalue weighted by molar-refractivity contribution is 7.11. The molecular weight excluding hydrogens is 248 g/mol. The number of nitrogens with zero attached hydrogens (tertiary/aromatic N) is 1. The number of hydrogen-bond donors (Lipinski definition) is 3. The summed E-state index contributed by atoms with van der Waals surface area (Å²) in [5.74, 6) is 0.113. The highest BCUT2D eigenvalue weighted by atomic mass is 32.1. The van der Waals surface area contributed by atoms with Crippen molar-refractivity contribution in [2.24, 2.45) is 5.41 Å². The summed E-state index contributed by atoms with van der Waals surface area (Å²) in [6.07, 6.45) is 0. The van der Waals surface area contributed by atoms with E-state index in [0.29, 0.717) is 5.56 Å². The van der Waals surface area contributed by atoms with Gasteiger partial charge in [-0.2, -0.15) is 4.37 Å². The van der Waals surface area contributed by atoms with Crippen LogP contribution in [0.4, 0.5) is 10.8 Å². The lowest BCUT2D eigenvalue weighted by Crippen LogP contribution is -2.31. The highest BCUT2D eigenvalue weighted by Crippen LogP contribution is 2.28. The van der Waals surface area contributed by atoms with Crippen LogP contribution in [-0.4, -0.2) is 22.9 Å². The predicted molar refractivity (Wildman–Crippen MR) is 77.1 cm³/mol.